The Kier molecular flexibility index (Phi) is 7.25. The minimum atomic E-state index is 0.287. The van der Waals surface area contributed by atoms with Crippen molar-refractivity contribution < 1.29 is 4.74 Å². The third-order valence-electron chi connectivity index (χ3n) is 3.60. The van der Waals surface area contributed by atoms with Gasteiger partial charge in [0.15, 0.2) is 0 Å². The highest BCUT2D eigenvalue weighted by molar-refractivity contribution is 5.32. The van der Waals surface area contributed by atoms with Gasteiger partial charge in [0.05, 0.1) is 18.8 Å². The van der Waals surface area contributed by atoms with E-state index < -0.39 is 0 Å². The van der Waals surface area contributed by atoms with Crippen molar-refractivity contribution in [3.8, 4) is 0 Å². The largest absolute Gasteiger partial charge is 0.377 e. The SMILES string of the molecule is CCNC(COC(C)CC(C)C)c1ccc(C)cc1C. The summed E-state index contributed by atoms with van der Waals surface area (Å²) in [5.41, 5.74) is 4.01. The summed E-state index contributed by atoms with van der Waals surface area (Å²) in [7, 11) is 0. The Morgan fingerprint density at radius 1 is 1.15 bits per heavy atom. The molecule has 114 valence electrons. The second kappa shape index (κ2) is 8.43. The highest BCUT2D eigenvalue weighted by atomic mass is 16.5. The first-order chi connectivity index (χ1) is 9.43. The fourth-order valence-electron chi connectivity index (χ4n) is 2.71. The van der Waals surface area contributed by atoms with Gasteiger partial charge in [-0.25, -0.2) is 0 Å². The maximum Gasteiger partial charge on any atom is 0.0665 e. The van der Waals surface area contributed by atoms with E-state index in [1.165, 1.54) is 16.7 Å². The molecule has 2 heteroatoms. The third kappa shape index (κ3) is 5.64. The summed E-state index contributed by atoms with van der Waals surface area (Å²) in [4.78, 5) is 0. The number of ether oxygens (including phenoxy) is 1. The second-order valence-electron chi connectivity index (χ2n) is 6.24. The molecule has 0 amide bonds. The molecule has 1 rings (SSSR count). The predicted octanol–water partition coefficient (Wildman–Crippen LogP) is 4.41. The number of aryl methyl sites for hydroxylation is 2. The molecule has 0 aromatic heterocycles. The lowest BCUT2D eigenvalue weighted by Crippen LogP contribution is -2.28. The smallest absolute Gasteiger partial charge is 0.0665 e. The summed E-state index contributed by atoms with van der Waals surface area (Å²) in [5.74, 6) is 0.684. The Hall–Kier alpha value is -0.860. The maximum absolute atomic E-state index is 6.04. The first kappa shape index (κ1) is 17.2. The van der Waals surface area contributed by atoms with E-state index in [0.717, 1.165) is 19.6 Å². The molecule has 2 atom stereocenters. The van der Waals surface area contributed by atoms with Gasteiger partial charge < -0.3 is 10.1 Å². The van der Waals surface area contributed by atoms with Crippen LogP contribution < -0.4 is 5.32 Å². The van der Waals surface area contributed by atoms with Gasteiger partial charge in [-0.2, -0.15) is 0 Å². The van der Waals surface area contributed by atoms with Crippen LogP contribution in [-0.4, -0.2) is 19.3 Å². The van der Waals surface area contributed by atoms with Gasteiger partial charge in [-0.15, -0.1) is 0 Å². The summed E-state index contributed by atoms with van der Waals surface area (Å²) in [5, 5.41) is 3.54. The average Bonchev–Trinajstić information content (AvgIpc) is 2.34. The Morgan fingerprint density at radius 2 is 1.85 bits per heavy atom. The lowest BCUT2D eigenvalue weighted by atomic mass is 9.99. The third-order valence-corrected chi connectivity index (χ3v) is 3.60. The molecule has 1 aromatic rings. The van der Waals surface area contributed by atoms with E-state index in [4.69, 9.17) is 4.74 Å². The zero-order valence-corrected chi connectivity index (χ0v) is 14.0. The quantitative estimate of drug-likeness (QED) is 0.760. The van der Waals surface area contributed by atoms with Gasteiger partial charge in [0.2, 0.25) is 0 Å². The molecule has 0 saturated heterocycles. The lowest BCUT2D eigenvalue weighted by Gasteiger charge is -2.23. The van der Waals surface area contributed by atoms with Crippen LogP contribution in [0.5, 0.6) is 0 Å². The van der Waals surface area contributed by atoms with Crippen LogP contribution in [0.3, 0.4) is 0 Å². The summed E-state index contributed by atoms with van der Waals surface area (Å²) >= 11 is 0. The van der Waals surface area contributed by atoms with Crippen molar-refractivity contribution in [1.29, 1.82) is 0 Å². The van der Waals surface area contributed by atoms with Gasteiger partial charge >= 0.3 is 0 Å². The van der Waals surface area contributed by atoms with Crippen molar-refractivity contribution in [2.75, 3.05) is 13.2 Å². The van der Waals surface area contributed by atoms with Crippen LogP contribution in [-0.2, 0) is 4.74 Å². The van der Waals surface area contributed by atoms with Gasteiger partial charge in [0.25, 0.3) is 0 Å². The molecule has 0 aliphatic carbocycles. The van der Waals surface area contributed by atoms with Gasteiger partial charge in [-0.05, 0) is 50.8 Å². The molecule has 1 aromatic carbocycles. The van der Waals surface area contributed by atoms with Gasteiger partial charge in [0, 0.05) is 0 Å². The molecule has 0 heterocycles. The summed E-state index contributed by atoms with van der Waals surface area (Å²) in [6, 6.07) is 6.95. The van der Waals surface area contributed by atoms with Crippen LogP contribution in [0.1, 0.15) is 56.8 Å². The molecule has 0 aliphatic rings. The molecular weight excluding hydrogens is 246 g/mol. The van der Waals surface area contributed by atoms with Gasteiger partial charge in [-0.3, -0.25) is 0 Å². The monoisotopic (exact) mass is 277 g/mol. The number of hydrogen-bond acceptors (Lipinski definition) is 2. The fraction of sp³-hybridized carbons (Fsp3) is 0.667. The molecule has 1 N–H and O–H groups in total. The standard InChI is InChI=1S/C18H31NO/c1-7-19-18(12-20-16(6)10-13(2)3)17-9-8-14(4)11-15(17)5/h8-9,11,13,16,18-19H,7,10,12H2,1-6H3. The highest BCUT2D eigenvalue weighted by Crippen LogP contribution is 2.20. The lowest BCUT2D eigenvalue weighted by molar-refractivity contribution is 0.0372. The maximum atomic E-state index is 6.04. The number of nitrogens with one attached hydrogen (secondary N) is 1. The van der Waals surface area contributed by atoms with Crippen molar-refractivity contribution >= 4 is 0 Å². The predicted molar refractivity (Wildman–Crippen MR) is 87.2 cm³/mol. The Labute approximate surface area is 124 Å². The molecule has 0 aliphatic heterocycles. The second-order valence-corrected chi connectivity index (χ2v) is 6.24. The van der Waals surface area contributed by atoms with E-state index in [2.05, 4.69) is 65.1 Å². The van der Waals surface area contributed by atoms with Crippen LogP contribution >= 0.6 is 0 Å². The molecule has 2 nitrogen and oxygen atoms in total. The summed E-state index contributed by atoms with van der Waals surface area (Å²) < 4.78 is 6.04. The van der Waals surface area contributed by atoms with Crippen molar-refractivity contribution in [2.45, 2.75) is 60.1 Å². The van der Waals surface area contributed by atoms with Gasteiger partial charge in [-0.1, -0.05) is 44.5 Å². The number of hydrogen-bond donors (Lipinski definition) is 1. The molecule has 0 saturated carbocycles. The van der Waals surface area contributed by atoms with E-state index in [1.807, 2.05) is 0 Å². The Bertz CT molecular complexity index is 400. The Morgan fingerprint density at radius 3 is 2.40 bits per heavy atom. The molecule has 2 unspecified atom stereocenters. The van der Waals surface area contributed by atoms with Crippen LogP contribution in [0.4, 0.5) is 0 Å². The van der Waals surface area contributed by atoms with E-state index in [0.29, 0.717) is 12.0 Å². The molecular formula is C18H31NO. The van der Waals surface area contributed by atoms with Crippen molar-refractivity contribution in [3.05, 3.63) is 34.9 Å². The molecule has 0 radical (unpaired) electrons. The van der Waals surface area contributed by atoms with Crippen molar-refractivity contribution in [2.24, 2.45) is 5.92 Å². The summed E-state index contributed by atoms with van der Waals surface area (Å²) in [6.07, 6.45) is 1.44. The first-order valence-electron chi connectivity index (χ1n) is 7.86. The zero-order chi connectivity index (χ0) is 15.1. The fourth-order valence-corrected chi connectivity index (χ4v) is 2.71. The topological polar surface area (TPSA) is 21.3 Å². The highest BCUT2D eigenvalue weighted by Gasteiger charge is 2.15. The number of benzene rings is 1. The Balaban J connectivity index is 2.68. The number of likely N-dealkylation sites (N-methyl/N-ethyl adjacent to an activating group) is 1. The van der Waals surface area contributed by atoms with E-state index >= 15 is 0 Å². The minimum Gasteiger partial charge on any atom is -0.377 e. The van der Waals surface area contributed by atoms with Crippen molar-refractivity contribution in [1.82, 2.24) is 5.32 Å². The van der Waals surface area contributed by atoms with Crippen LogP contribution in [0.25, 0.3) is 0 Å². The van der Waals surface area contributed by atoms with E-state index in [1.54, 1.807) is 0 Å². The normalized spacial score (nSPS) is 14.6. The minimum absolute atomic E-state index is 0.287. The van der Waals surface area contributed by atoms with Crippen LogP contribution in [0.15, 0.2) is 18.2 Å². The van der Waals surface area contributed by atoms with Crippen molar-refractivity contribution in [3.63, 3.8) is 0 Å². The first-order valence-corrected chi connectivity index (χ1v) is 7.86. The molecule has 0 bridgehead atoms. The van der Waals surface area contributed by atoms with E-state index in [-0.39, 0.29) is 6.04 Å². The molecule has 0 spiro atoms. The zero-order valence-electron chi connectivity index (χ0n) is 14.0. The molecule has 20 heavy (non-hydrogen) atoms. The van der Waals surface area contributed by atoms with Crippen LogP contribution in [0, 0.1) is 19.8 Å². The summed E-state index contributed by atoms with van der Waals surface area (Å²) in [6.45, 7) is 14.8. The van der Waals surface area contributed by atoms with E-state index in [9.17, 15) is 0 Å². The number of rotatable bonds is 8. The molecule has 0 fully saturated rings. The van der Waals surface area contributed by atoms with Gasteiger partial charge in [0.1, 0.15) is 0 Å². The van der Waals surface area contributed by atoms with Crippen LogP contribution in [0.2, 0.25) is 0 Å². The average molecular weight is 277 g/mol.